The summed E-state index contributed by atoms with van der Waals surface area (Å²) in [6.07, 6.45) is 2.63. The van der Waals surface area contributed by atoms with Gasteiger partial charge in [0.25, 0.3) is 5.91 Å². The maximum absolute atomic E-state index is 12.7. The van der Waals surface area contributed by atoms with Gasteiger partial charge in [-0.25, -0.2) is 0 Å². The quantitative estimate of drug-likeness (QED) is 0.655. The van der Waals surface area contributed by atoms with Gasteiger partial charge in [-0.15, -0.1) is 0 Å². The van der Waals surface area contributed by atoms with E-state index in [1.54, 1.807) is 4.90 Å². The van der Waals surface area contributed by atoms with Crippen molar-refractivity contribution in [1.29, 1.82) is 0 Å². The Kier molecular flexibility index (Phi) is 7.45. The van der Waals surface area contributed by atoms with Crippen molar-refractivity contribution in [3.63, 3.8) is 0 Å². The molecular formula is C25H30N2O4. The smallest absolute Gasteiger partial charge is 0.311 e. The number of benzene rings is 2. The molecule has 1 aliphatic heterocycles. The Bertz CT molecular complexity index is 930. The molecule has 1 saturated heterocycles. The molecule has 1 aliphatic rings. The first-order valence-corrected chi connectivity index (χ1v) is 10.9. The fourth-order valence-corrected chi connectivity index (χ4v) is 3.92. The number of nitrogens with zero attached hydrogens (tertiary/aromatic N) is 1. The first-order chi connectivity index (χ1) is 15.0. The maximum atomic E-state index is 12.7. The van der Waals surface area contributed by atoms with Crippen molar-refractivity contribution < 1.29 is 19.1 Å². The first kappa shape index (κ1) is 22.5. The van der Waals surface area contributed by atoms with Gasteiger partial charge in [-0.1, -0.05) is 51.1 Å². The highest BCUT2D eigenvalue weighted by molar-refractivity contribution is 6.01. The van der Waals surface area contributed by atoms with E-state index in [9.17, 15) is 14.4 Å². The average molecular weight is 423 g/mol. The molecule has 0 radical (unpaired) electrons. The monoisotopic (exact) mass is 422 g/mol. The molecule has 31 heavy (non-hydrogen) atoms. The van der Waals surface area contributed by atoms with Crippen LogP contribution in [-0.2, 0) is 38.4 Å². The highest BCUT2D eigenvalue weighted by atomic mass is 16.5. The molecule has 1 heterocycles. The van der Waals surface area contributed by atoms with E-state index >= 15 is 0 Å². The van der Waals surface area contributed by atoms with Gasteiger partial charge in [-0.05, 0) is 48.1 Å². The molecule has 0 aromatic heterocycles. The Morgan fingerprint density at radius 1 is 1.00 bits per heavy atom. The van der Waals surface area contributed by atoms with E-state index in [1.807, 2.05) is 42.5 Å². The number of anilines is 2. The molecule has 2 aromatic rings. The van der Waals surface area contributed by atoms with Crippen LogP contribution in [0.2, 0.25) is 0 Å². The van der Waals surface area contributed by atoms with Gasteiger partial charge in [0, 0.05) is 24.3 Å². The van der Waals surface area contributed by atoms with E-state index in [0.29, 0.717) is 5.69 Å². The molecule has 6 heteroatoms. The minimum atomic E-state index is -0.571. The van der Waals surface area contributed by atoms with E-state index in [-0.39, 0.29) is 25.5 Å². The fourth-order valence-electron chi connectivity index (χ4n) is 3.92. The normalized spacial score (nSPS) is 15.8. The number of carbonyl (C=O) groups excluding carboxylic acids is 3. The Labute approximate surface area is 183 Å². The predicted molar refractivity (Wildman–Crippen MR) is 121 cm³/mol. The lowest BCUT2D eigenvalue weighted by molar-refractivity contribution is -0.151. The van der Waals surface area contributed by atoms with Gasteiger partial charge >= 0.3 is 5.97 Å². The van der Waals surface area contributed by atoms with Crippen molar-refractivity contribution in [2.24, 2.45) is 5.92 Å². The summed E-state index contributed by atoms with van der Waals surface area (Å²) >= 11 is 0. The third kappa shape index (κ3) is 5.32. The Morgan fingerprint density at radius 3 is 2.23 bits per heavy atom. The summed E-state index contributed by atoms with van der Waals surface area (Å²) in [4.78, 5) is 39.1. The van der Waals surface area contributed by atoms with Gasteiger partial charge in [-0.2, -0.15) is 0 Å². The number of carbonyl (C=O) groups is 3. The van der Waals surface area contributed by atoms with E-state index < -0.39 is 17.8 Å². The summed E-state index contributed by atoms with van der Waals surface area (Å²) in [7, 11) is 0. The van der Waals surface area contributed by atoms with E-state index in [2.05, 4.69) is 26.1 Å². The van der Waals surface area contributed by atoms with Crippen molar-refractivity contribution in [3.8, 4) is 0 Å². The number of nitrogens with one attached hydrogen (secondary N) is 1. The van der Waals surface area contributed by atoms with Crippen LogP contribution < -0.4 is 10.2 Å². The fraction of sp³-hybridized carbons (Fsp3) is 0.400. The zero-order valence-electron chi connectivity index (χ0n) is 18.4. The summed E-state index contributed by atoms with van der Waals surface area (Å²) in [5.74, 6) is -1.57. The molecule has 2 amide bonds. The second-order valence-corrected chi connectivity index (χ2v) is 7.74. The minimum Gasteiger partial charge on any atom is -0.455 e. The molecule has 0 saturated carbocycles. The number of rotatable bonds is 8. The van der Waals surface area contributed by atoms with Gasteiger partial charge in [0.2, 0.25) is 5.91 Å². The van der Waals surface area contributed by atoms with Gasteiger partial charge in [-0.3, -0.25) is 14.4 Å². The largest absolute Gasteiger partial charge is 0.455 e. The number of amides is 2. The van der Waals surface area contributed by atoms with Crippen LogP contribution >= 0.6 is 0 Å². The van der Waals surface area contributed by atoms with E-state index in [1.165, 1.54) is 5.56 Å². The lowest BCUT2D eigenvalue weighted by Gasteiger charge is -2.23. The van der Waals surface area contributed by atoms with Gasteiger partial charge in [0.05, 0.1) is 5.92 Å². The highest BCUT2D eigenvalue weighted by Gasteiger charge is 2.37. The molecule has 164 valence electrons. The average Bonchev–Trinajstić information content (AvgIpc) is 3.18. The van der Waals surface area contributed by atoms with E-state index in [0.717, 1.165) is 36.1 Å². The molecule has 0 bridgehead atoms. The topological polar surface area (TPSA) is 75.7 Å². The number of para-hydroxylation sites is 1. The molecule has 1 atom stereocenters. The van der Waals surface area contributed by atoms with Crippen molar-refractivity contribution in [2.45, 2.75) is 46.5 Å². The van der Waals surface area contributed by atoms with Crippen LogP contribution in [0.1, 0.15) is 43.9 Å². The second-order valence-electron chi connectivity index (χ2n) is 7.74. The molecule has 0 spiro atoms. The zero-order chi connectivity index (χ0) is 22.4. The van der Waals surface area contributed by atoms with Crippen molar-refractivity contribution >= 4 is 29.2 Å². The predicted octanol–water partition coefficient (Wildman–Crippen LogP) is 3.91. The zero-order valence-corrected chi connectivity index (χ0v) is 18.4. The van der Waals surface area contributed by atoms with Gasteiger partial charge in [0.1, 0.15) is 0 Å². The Balaban J connectivity index is 1.58. The minimum absolute atomic E-state index is 0.0852. The molecule has 0 aliphatic carbocycles. The maximum Gasteiger partial charge on any atom is 0.311 e. The Hall–Kier alpha value is -3.15. The third-order valence-electron chi connectivity index (χ3n) is 5.68. The van der Waals surface area contributed by atoms with Crippen LogP contribution in [-0.4, -0.2) is 30.9 Å². The molecule has 2 aromatic carbocycles. The van der Waals surface area contributed by atoms with Crippen molar-refractivity contribution in [3.05, 3.63) is 59.2 Å². The number of ether oxygens (including phenoxy) is 1. The number of hydrogen-bond acceptors (Lipinski definition) is 4. The van der Waals surface area contributed by atoms with Crippen LogP contribution in [0.5, 0.6) is 0 Å². The third-order valence-corrected chi connectivity index (χ3v) is 5.68. The first-order valence-electron chi connectivity index (χ1n) is 10.9. The van der Waals surface area contributed by atoms with Crippen molar-refractivity contribution in [2.75, 3.05) is 23.4 Å². The summed E-state index contributed by atoms with van der Waals surface area (Å²) in [6.45, 7) is 6.08. The second kappa shape index (κ2) is 10.2. The van der Waals surface area contributed by atoms with Crippen LogP contribution in [0, 0.1) is 5.92 Å². The molecule has 6 nitrogen and oxygen atoms in total. The van der Waals surface area contributed by atoms with Gasteiger partial charge < -0.3 is 15.0 Å². The number of esters is 1. The van der Waals surface area contributed by atoms with E-state index in [4.69, 9.17) is 4.74 Å². The molecule has 0 unspecified atom stereocenters. The van der Waals surface area contributed by atoms with Gasteiger partial charge in [0.15, 0.2) is 6.61 Å². The summed E-state index contributed by atoms with van der Waals surface area (Å²) in [5, 5.41) is 2.72. The van der Waals surface area contributed by atoms with Crippen LogP contribution in [0.25, 0.3) is 0 Å². The highest BCUT2D eigenvalue weighted by Crippen LogP contribution is 2.32. The summed E-state index contributed by atoms with van der Waals surface area (Å²) in [5.41, 5.74) is 4.94. The summed E-state index contributed by atoms with van der Waals surface area (Å²) < 4.78 is 5.22. The molecule has 3 rings (SSSR count). The standard InChI is InChI=1S/C25H30N2O4/c1-4-17-10-12-21(13-11-17)26-22(28)16-31-25(30)20-14-23(29)27(15-20)24-18(5-2)8-7-9-19(24)6-3/h7-13,20H,4-6,14-16H2,1-3H3,(H,26,28)/t20-/m0/s1. The molecule has 1 N–H and O–H groups in total. The van der Waals surface area contributed by atoms with Crippen LogP contribution in [0.4, 0.5) is 11.4 Å². The Morgan fingerprint density at radius 2 is 1.65 bits per heavy atom. The lowest BCUT2D eigenvalue weighted by Crippen LogP contribution is -2.29. The number of aryl methyl sites for hydroxylation is 3. The summed E-state index contributed by atoms with van der Waals surface area (Å²) in [6, 6.07) is 13.6. The lowest BCUT2D eigenvalue weighted by atomic mass is 10.0. The molecule has 1 fully saturated rings. The van der Waals surface area contributed by atoms with Crippen LogP contribution in [0.3, 0.4) is 0 Å². The SMILES string of the molecule is CCc1ccc(NC(=O)COC(=O)[C@H]2CC(=O)N(c3c(CC)cccc3CC)C2)cc1. The van der Waals surface area contributed by atoms with Crippen LogP contribution in [0.15, 0.2) is 42.5 Å². The number of hydrogen-bond donors (Lipinski definition) is 1. The molecular weight excluding hydrogens is 392 g/mol. The van der Waals surface area contributed by atoms with Crippen molar-refractivity contribution in [1.82, 2.24) is 0 Å².